The van der Waals surface area contributed by atoms with Crippen LogP contribution in [0.2, 0.25) is 0 Å². The number of carbonyl (C=O) groups is 1. The Kier molecular flexibility index (Phi) is 5.92. The van der Waals surface area contributed by atoms with Crippen LogP contribution in [0.4, 0.5) is 5.69 Å². The minimum Gasteiger partial charge on any atom is -0.478 e. The van der Waals surface area contributed by atoms with Crippen molar-refractivity contribution in [3.63, 3.8) is 0 Å². The number of hydrogen-bond acceptors (Lipinski definition) is 5. The molecule has 2 aromatic heterocycles. The van der Waals surface area contributed by atoms with Gasteiger partial charge >= 0.3 is 5.97 Å². The van der Waals surface area contributed by atoms with Gasteiger partial charge in [0, 0.05) is 47.1 Å². The van der Waals surface area contributed by atoms with Crippen LogP contribution in [0.3, 0.4) is 0 Å². The Bertz CT molecular complexity index is 1100. The molecule has 0 radical (unpaired) electrons. The Hall–Kier alpha value is -3.68. The van der Waals surface area contributed by atoms with Gasteiger partial charge in [-0.1, -0.05) is 13.3 Å². The first-order valence-corrected chi connectivity index (χ1v) is 9.21. The molecule has 0 aliphatic rings. The zero-order valence-corrected chi connectivity index (χ0v) is 16.2. The number of carboxylic acids is 1. The van der Waals surface area contributed by atoms with Crippen LogP contribution in [-0.4, -0.2) is 32.2 Å². The molecule has 2 heterocycles. The highest BCUT2D eigenvalue weighted by molar-refractivity contribution is 5.94. The van der Waals surface area contributed by atoms with E-state index in [1.54, 1.807) is 31.5 Å². The molecule has 0 saturated heterocycles. The summed E-state index contributed by atoms with van der Waals surface area (Å²) in [4.78, 5) is 25.9. The van der Waals surface area contributed by atoms with Crippen molar-refractivity contribution >= 4 is 28.6 Å². The van der Waals surface area contributed by atoms with Crippen molar-refractivity contribution in [3.05, 3.63) is 64.0 Å². The molecule has 0 unspecified atom stereocenters. The first-order chi connectivity index (χ1) is 13.9. The van der Waals surface area contributed by atoms with Crippen LogP contribution < -0.4 is 4.74 Å². The van der Waals surface area contributed by atoms with E-state index in [0.29, 0.717) is 23.6 Å². The lowest BCUT2D eigenvalue weighted by molar-refractivity contribution is -0.384. The largest absolute Gasteiger partial charge is 0.478 e. The van der Waals surface area contributed by atoms with Crippen LogP contribution in [0.25, 0.3) is 22.7 Å². The minimum absolute atomic E-state index is 0.0124. The first kappa shape index (κ1) is 20.1. The Balaban J connectivity index is 2.12. The molecule has 0 aliphatic carbocycles. The maximum absolute atomic E-state index is 11.0. The molecule has 0 spiro atoms. The lowest BCUT2D eigenvalue weighted by atomic mass is 10.1. The van der Waals surface area contributed by atoms with Crippen LogP contribution in [0, 0.1) is 17.0 Å². The van der Waals surface area contributed by atoms with Crippen LogP contribution in [0.5, 0.6) is 5.88 Å². The third-order valence-electron chi connectivity index (χ3n) is 4.50. The topological polar surface area (TPSA) is 107 Å². The molecule has 1 N–H and O–H groups in total. The number of pyridine rings is 1. The van der Waals surface area contributed by atoms with Crippen molar-refractivity contribution in [2.24, 2.45) is 0 Å². The summed E-state index contributed by atoms with van der Waals surface area (Å²) in [6, 6.07) is 6.40. The van der Waals surface area contributed by atoms with Gasteiger partial charge in [-0.05, 0) is 31.1 Å². The fraction of sp³-hybridized carbons (Fsp3) is 0.238. The van der Waals surface area contributed by atoms with Gasteiger partial charge in [-0.3, -0.25) is 10.1 Å². The average molecular weight is 395 g/mol. The quantitative estimate of drug-likeness (QED) is 0.260. The Morgan fingerprint density at radius 1 is 1.38 bits per heavy atom. The number of nitrogens with zero attached hydrogens (tertiary/aromatic N) is 3. The number of rotatable bonds is 8. The van der Waals surface area contributed by atoms with Crippen LogP contribution in [0.1, 0.15) is 30.9 Å². The van der Waals surface area contributed by atoms with Gasteiger partial charge in [0.15, 0.2) is 0 Å². The summed E-state index contributed by atoms with van der Waals surface area (Å²) in [6.07, 6.45) is 7.95. The van der Waals surface area contributed by atoms with Crippen molar-refractivity contribution in [2.45, 2.75) is 26.7 Å². The molecule has 29 heavy (non-hydrogen) atoms. The van der Waals surface area contributed by atoms with Crippen molar-refractivity contribution in [1.29, 1.82) is 0 Å². The van der Waals surface area contributed by atoms with Gasteiger partial charge in [0.1, 0.15) is 0 Å². The summed E-state index contributed by atoms with van der Waals surface area (Å²) in [5.41, 5.74) is 2.90. The number of hydrogen-bond donors (Lipinski definition) is 1. The van der Waals surface area contributed by atoms with Crippen LogP contribution in [-0.2, 0) is 4.79 Å². The zero-order chi connectivity index (χ0) is 21.0. The van der Waals surface area contributed by atoms with E-state index < -0.39 is 10.9 Å². The van der Waals surface area contributed by atoms with E-state index in [0.717, 1.165) is 35.5 Å². The second-order valence-electron chi connectivity index (χ2n) is 6.60. The fourth-order valence-electron chi connectivity index (χ4n) is 3.05. The minimum atomic E-state index is -1.05. The molecule has 3 aromatic rings. The number of benzene rings is 1. The van der Waals surface area contributed by atoms with Crippen molar-refractivity contribution in [1.82, 2.24) is 9.55 Å². The van der Waals surface area contributed by atoms with Gasteiger partial charge in [0.05, 0.1) is 23.2 Å². The highest BCUT2D eigenvalue weighted by Crippen LogP contribution is 2.30. The summed E-state index contributed by atoms with van der Waals surface area (Å²) in [5.74, 6) is -0.583. The second kappa shape index (κ2) is 8.55. The monoisotopic (exact) mass is 395 g/mol. The summed E-state index contributed by atoms with van der Waals surface area (Å²) < 4.78 is 7.53. The first-order valence-electron chi connectivity index (χ1n) is 9.21. The lowest BCUT2D eigenvalue weighted by Crippen LogP contribution is -1.99. The van der Waals surface area contributed by atoms with E-state index in [4.69, 9.17) is 9.84 Å². The van der Waals surface area contributed by atoms with Gasteiger partial charge < -0.3 is 14.4 Å². The number of aliphatic carboxylic acids is 1. The van der Waals surface area contributed by atoms with E-state index >= 15 is 0 Å². The molecule has 0 amide bonds. The number of aromatic nitrogens is 2. The lowest BCUT2D eigenvalue weighted by Gasteiger charge is -2.09. The summed E-state index contributed by atoms with van der Waals surface area (Å²) >= 11 is 0. The molecule has 8 nitrogen and oxygen atoms in total. The molecular weight excluding hydrogens is 374 g/mol. The van der Waals surface area contributed by atoms with Gasteiger partial charge in [0.2, 0.25) is 5.88 Å². The molecule has 0 atom stereocenters. The molecule has 0 aliphatic heterocycles. The predicted molar refractivity (Wildman–Crippen MR) is 110 cm³/mol. The van der Waals surface area contributed by atoms with Crippen LogP contribution in [0.15, 0.2) is 42.7 Å². The second-order valence-corrected chi connectivity index (χ2v) is 6.60. The van der Waals surface area contributed by atoms with Gasteiger partial charge in [0.25, 0.3) is 5.69 Å². The van der Waals surface area contributed by atoms with E-state index in [9.17, 15) is 14.9 Å². The number of aryl methyl sites for hydroxylation is 1. The van der Waals surface area contributed by atoms with E-state index in [1.165, 1.54) is 18.2 Å². The number of ether oxygens (including phenoxy) is 1. The summed E-state index contributed by atoms with van der Waals surface area (Å²) in [7, 11) is 0. The van der Waals surface area contributed by atoms with Crippen molar-refractivity contribution < 1.29 is 19.6 Å². The molecule has 150 valence electrons. The van der Waals surface area contributed by atoms with E-state index in [-0.39, 0.29) is 5.69 Å². The van der Waals surface area contributed by atoms with E-state index in [1.807, 2.05) is 4.57 Å². The van der Waals surface area contributed by atoms with Crippen molar-refractivity contribution in [2.75, 3.05) is 6.61 Å². The molecule has 0 bridgehead atoms. The fourth-order valence-corrected chi connectivity index (χ4v) is 3.05. The standard InChI is InChI=1S/C21H21N3O5/c1-3-4-9-29-20-11-17-15(5-8-21(25)26)13-23(19(17)12-22-20)18-7-6-16(24(27)28)10-14(18)2/h5-8,10-13H,3-4,9H2,1-2H3,(H,25,26)/b8-5+. The predicted octanol–water partition coefficient (Wildman–Crippen LogP) is 4.52. The molecule has 1 aromatic carbocycles. The maximum Gasteiger partial charge on any atom is 0.328 e. The maximum atomic E-state index is 11.0. The third-order valence-corrected chi connectivity index (χ3v) is 4.50. The summed E-state index contributed by atoms with van der Waals surface area (Å²) in [5, 5.41) is 20.8. The molecular formula is C21H21N3O5. The molecule has 3 rings (SSSR count). The number of non-ortho nitro benzene ring substituents is 1. The number of carboxylic acid groups (broad SMARTS) is 1. The third kappa shape index (κ3) is 4.43. The number of nitro benzene ring substituents is 1. The number of fused-ring (bicyclic) bond motifs is 1. The van der Waals surface area contributed by atoms with Gasteiger partial charge in [-0.25, -0.2) is 9.78 Å². The number of nitro groups is 1. The zero-order valence-electron chi connectivity index (χ0n) is 16.2. The average Bonchev–Trinajstić information content (AvgIpc) is 3.04. The SMILES string of the molecule is CCCCOc1cc2c(/C=C/C(=O)O)cn(-c3ccc([N+](=O)[O-])cc3C)c2cn1. The van der Waals surface area contributed by atoms with E-state index in [2.05, 4.69) is 11.9 Å². The Morgan fingerprint density at radius 2 is 2.17 bits per heavy atom. The Morgan fingerprint density at radius 3 is 2.83 bits per heavy atom. The Labute approximate surface area is 167 Å². The summed E-state index contributed by atoms with van der Waals surface area (Å²) in [6.45, 7) is 4.41. The van der Waals surface area contributed by atoms with Gasteiger partial charge in [-0.2, -0.15) is 0 Å². The smallest absolute Gasteiger partial charge is 0.328 e. The molecule has 0 fully saturated rings. The van der Waals surface area contributed by atoms with Crippen molar-refractivity contribution in [3.8, 4) is 11.6 Å². The number of unbranched alkanes of at least 4 members (excludes halogenated alkanes) is 1. The molecule has 8 heteroatoms. The van der Waals surface area contributed by atoms with Gasteiger partial charge in [-0.15, -0.1) is 0 Å². The van der Waals surface area contributed by atoms with Crippen LogP contribution >= 0.6 is 0 Å². The highest BCUT2D eigenvalue weighted by Gasteiger charge is 2.14. The normalized spacial score (nSPS) is 11.2. The molecule has 0 saturated carbocycles. The highest BCUT2D eigenvalue weighted by atomic mass is 16.6.